The summed E-state index contributed by atoms with van der Waals surface area (Å²) < 4.78 is 0. The van der Waals surface area contributed by atoms with Crippen LogP contribution in [-0.2, 0) is 6.54 Å². The fourth-order valence-electron chi connectivity index (χ4n) is 1.91. The molecule has 2 rings (SSSR count). The third kappa shape index (κ3) is 3.02. The Morgan fingerprint density at radius 3 is 3.00 bits per heavy atom. The first kappa shape index (κ1) is 12.5. The standard InChI is InChI=1S/C11H18N4OS/c1-14-3-2-4-15(6-5-14)11(16)9-8-17-10(7-12)13-9/h8H,2-7,12H2,1H3. The molecule has 2 heterocycles. The van der Waals surface area contributed by atoms with Gasteiger partial charge in [-0.3, -0.25) is 4.79 Å². The van der Waals surface area contributed by atoms with Gasteiger partial charge in [0.05, 0.1) is 0 Å². The molecule has 2 N–H and O–H groups in total. The van der Waals surface area contributed by atoms with Crippen molar-refractivity contribution in [2.45, 2.75) is 13.0 Å². The lowest BCUT2D eigenvalue weighted by Crippen LogP contribution is -2.34. The van der Waals surface area contributed by atoms with Gasteiger partial charge in [0, 0.05) is 31.6 Å². The van der Waals surface area contributed by atoms with Crippen LogP contribution in [0.4, 0.5) is 0 Å². The average Bonchev–Trinajstić information content (AvgIpc) is 2.71. The predicted molar refractivity (Wildman–Crippen MR) is 68.0 cm³/mol. The largest absolute Gasteiger partial charge is 0.336 e. The van der Waals surface area contributed by atoms with Crippen LogP contribution in [0.25, 0.3) is 0 Å². The molecule has 1 fully saturated rings. The lowest BCUT2D eigenvalue weighted by Gasteiger charge is -2.19. The van der Waals surface area contributed by atoms with Crippen molar-refractivity contribution >= 4 is 17.2 Å². The van der Waals surface area contributed by atoms with Crippen molar-refractivity contribution in [3.05, 3.63) is 16.1 Å². The molecule has 0 saturated carbocycles. The van der Waals surface area contributed by atoms with Crippen LogP contribution < -0.4 is 5.73 Å². The number of carbonyl (C=O) groups is 1. The molecular formula is C11H18N4OS. The quantitative estimate of drug-likeness (QED) is 0.829. The number of rotatable bonds is 2. The third-order valence-corrected chi connectivity index (χ3v) is 3.82. The van der Waals surface area contributed by atoms with Gasteiger partial charge in [0.25, 0.3) is 5.91 Å². The van der Waals surface area contributed by atoms with Crippen molar-refractivity contribution in [3.8, 4) is 0 Å². The van der Waals surface area contributed by atoms with Gasteiger partial charge in [-0.2, -0.15) is 0 Å². The van der Waals surface area contributed by atoms with Gasteiger partial charge in [0.2, 0.25) is 0 Å². The van der Waals surface area contributed by atoms with E-state index >= 15 is 0 Å². The Balaban J connectivity index is 2.03. The first-order chi connectivity index (χ1) is 8.20. The van der Waals surface area contributed by atoms with Crippen molar-refractivity contribution in [1.29, 1.82) is 0 Å². The maximum absolute atomic E-state index is 12.2. The van der Waals surface area contributed by atoms with Crippen molar-refractivity contribution in [2.75, 3.05) is 33.2 Å². The molecule has 94 valence electrons. The maximum Gasteiger partial charge on any atom is 0.273 e. The molecule has 6 heteroatoms. The fraction of sp³-hybridized carbons (Fsp3) is 0.636. The van der Waals surface area contributed by atoms with Crippen LogP contribution in [0, 0.1) is 0 Å². The van der Waals surface area contributed by atoms with Gasteiger partial charge in [-0.05, 0) is 20.0 Å². The highest BCUT2D eigenvalue weighted by Gasteiger charge is 2.20. The molecule has 1 aliphatic heterocycles. The monoisotopic (exact) mass is 254 g/mol. The molecule has 1 saturated heterocycles. The van der Waals surface area contributed by atoms with E-state index in [1.54, 1.807) is 5.38 Å². The van der Waals surface area contributed by atoms with E-state index in [-0.39, 0.29) is 5.91 Å². The first-order valence-electron chi connectivity index (χ1n) is 5.83. The normalized spacial score (nSPS) is 18.1. The minimum absolute atomic E-state index is 0.0382. The Kier molecular flexibility index (Phi) is 4.09. The lowest BCUT2D eigenvalue weighted by atomic mass is 10.3. The van der Waals surface area contributed by atoms with Gasteiger partial charge in [-0.25, -0.2) is 4.98 Å². The van der Waals surface area contributed by atoms with E-state index in [0.717, 1.165) is 37.6 Å². The van der Waals surface area contributed by atoms with Crippen molar-refractivity contribution in [1.82, 2.24) is 14.8 Å². The molecule has 17 heavy (non-hydrogen) atoms. The number of likely N-dealkylation sites (N-methyl/N-ethyl adjacent to an activating group) is 1. The molecule has 0 bridgehead atoms. The highest BCUT2D eigenvalue weighted by Crippen LogP contribution is 2.12. The van der Waals surface area contributed by atoms with Crippen LogP contribution in [0.15, 0.2) is 5.38 Å². The van der Waals surface area contributed by atoms with Gasteiger partial charge in [-0.15, -0.1) is 11.3 Å². The second-order valence-corrected chi connectivity index (χ2v) is 5.22. The maximum atomic E-state index is 12.2. The molecule has 1 aliphatic rings. The molecule has 0 radical (unpaired) electrons. The fourth-order valence-corrected chi connectivity index (χ4v) is 2.56. The predicted octanol–water partition coefficient (Wildman–Crippen LogP) is 0.380. The summed E-state index contributed by atoms with van der Waals surface area (Å²) in [5, 5.41) is 2.62. The second-order valence-electron chi connectivity index (χ2n) is 4.28. The van der Waals surface area contributed by atoms with E-state index in [2.05, 4.69) is 16.9 Å². The number of amides is 1. The summed E-state index contributed by atoms with van der Waals surface area (Å²) in [6, 6.07) is 0. The number of aromatic nitrogens is 1. The van der Waals surface area contributed by atoms with Crippen molar-refractivity contribution in [2.24, 2.45) is 5.73 Å². The number of thiazole rings is 1. The van der Waals surface area contributed by atoms with Crippen LogP contribution in [0.2, 0.25) is 0 Å². The van der Waals surface area contributed by atoms with Crippen LogP contribution >= 0.6 is 11.3 Å². The van der Waals surface area contributed by atoms with E-state index in [9.17, 15) is 4.79 Å². The molecule has 5 nitrogen and oxygen atoms in total. The smallest absolute Gasteiger partial charge is 0.273 e. The Morgan fingerprint density at radius 2 is 2.29 bits per heavy atom. The number of hydrogen-bond acceptors (Lipinski definition) is 5. The summed E-state index contributed by atoms with van der Waals surface area (Å²) >= 11 is 1.45. The van der Waals surface area contributed by atoms with Crippen LogP contribution in [0.5, 0.6) is 0 Å². The number of hydrogen-bond donors (Lipinski definition) is 1. The Labute approximate surface area is 105 Å². The third-order valence-electron chi connectivity index (χ3n) is 2.95. The summed E-state index contributed by atoms with van der Waals surface area (Å²) in [6.45, 7) is 3.98. The van der Waals surface area contributed by atoms with Crippen molar-refractivity contribution < 1.29 is 4.79 Å². The molecule has 0 unspecified atom stereocenters. The van der Waals surface area contributed by atoms with Crippen LogP contribution in [-0.4, -0.2) is 53.9 Å². The van der Waals surface area contributed by atoms with Gasteiger partial charge in [0.1, 0.15) is 10.7 Å². The van der Waals surface area contributed by atoms with Gasteiger partial charge in [-0.1, -0.05) is 0 Å². The first-order valence-corrected chi connectivity index (χ1v) is 6.71. The van der Waals surface area contributed by atoms with Gasteiger partial charge >= 0.3 is 0 Å². The van der Waals surface area contributed by atoms with E-state index in [1.807, 2.05) is 4.90 Å². The Hall–Kier alpha value is -0.980. The molecule has 0 aliphatic carbocycles. The average molecular weight is 254 g/mol. The zero-order valence-corrected chi connectivity index (χ0v) is 10.9. The summed E-state index contributed by atoms with van der Waals surface area (Å²) in [5.41, 5.74) is 6.04. The minimum atomic E-state index is 0.0382. The highest BCUT2D eigenvalue weighted by atomic mass is 32.1. The van der Waals surface area contributed by atoms with E-state index in [4.69, 9.17) is 5.73 Å². The second kappa shape index (κ2) is 5.57. The molecule has 1 aromatic heterocycles. The minimum Gasteiger partial charge on any atom is -0.336 e. The molecule has 0 aromatic carbocycles. The molecule has 1 aromatic rings. The Bertz CT molecular complexity index is 393. The highest BCUT2D eigenvalue weighted by molar-refractivity contribution is 7.09. The zero-order valence-electron chi connectivity index (χ0n) is 10.1. The van der Waals surface area contributed by atoms with E-state index in [1.165, 1.54) is 11.3 Å². The van der Waals surface area contributed by atoms with Crippen molar-refractivity contribution in [3.63, 3.8) is 0 Å². The SMILES string of the molecule is CN1CCCN(C(=O)c2csc(CN)n2)CC1. The van der Waals surface area contributed by atoms with Gasteiger partial charge < -0.3 is 15.5 Å². The Morgan fingerprint density at radius 1 is 1.47 bits per heavy atom. The number of nitrogens with zero attached hydrogens (tertiary/aromatic N) is 3. The molecule has 0 atom stereocenters. The van der Waals surface area contributed by atoms with Gasteiger partial charge in [0.15, 0.2) is 0 Å². The topological polar surface area (TPSA) is 62.5 Å². The number of nitrogens with two attached hydrogens (primary N) is 1. The van der Waals surface area contributed by atoms with Crippen LogP contribution in [0.3, 0.4) is 0 Å². The molecule has 0 spiro atoms. The summed E-state index contributed by atoms with van der Waals surface area (Å²) in [4.78, 5) is 20.6. The zero-order chi connectivity index (χ0) is 12.3. The van der Waals surface area contributed by atoms with Crippen LogP contribution in [0.1, 0.15) is 21.9 Å². The summed E-state index contributed by atoms with van der Waals surface area (Å²) in [5.74, 6) is 0.0382. The summed E-state index contributed by atoms with van der Waals surface area (Å²) in [7, 11) is 2.09. The van der Waals surface area contributed by atoms with E-state index < -0.39 is 0 Å². The summed E-state index contributed by atoms with van der Waals surface area (Å²) in [6.07, 6.45) is 1.02. The lowest BCUT2D eigenvalue weighted by molar-refractivity contribution is 0.0757. The number of carbonyl (C=O) groups excluding carboxylic acids is 1. The van der Waals surface area contributed by atoms with E-state index in [0.29, 0.717) is 12.2 Å². The molecular weight excluding hydrogens is 236 g/mol. The molecule has 1 amide bonds.